The van der Waals surface area contributed by atoms with Crippen molar-refractivity contribution in [3.63, 3.8) is 0 Å². The van der Waals surface area contributed by atoms with Crippen LogP contribution in [0.1, 0.15) is 37.4 Å². The van der Waals surface area contributed by atoms with Crippen LogP contribution < -0.4 is 10.1 Å². The van der Waals surface area contributed by atoms with Crippen molar-refractivity contribution in [3.8, 4) is 5.75 Å². The van der Waals surface area contributed by atoms with E-state index >= 15 is 0 Å². The first-order valence-corrected chi connectivity index (χ1v) is 11.5. The topological polar surface area (TPSA) is 71.1 Å². The largest absolute Gasteiger partial charge is 0.495 e. The van der Waals surface area contributed by atoms with E-state index in [1.807, 2.05) is 69.3 Å². The number of carbonyl (C=O) groups is 2. The molecule has 0 bridgehead atoms. The van der Waals surface area contributed by atoms with Crippen LogP contribution in [0.4, 0.5) is 10.5 Å². The van der Waals surface area contributed by atoms with Gasteiger partial charge in [0, 0.05) is 26.2 Å². The number of amides is 2. The maximum absolute atomic E-state index is 13.6. The summed E-state index contributed by atoms with van der Waals surface area (Å²) in [6.45, 7) is 8.83. The summed E-state index contributed by atoms with van der Waals surface area (Å²) in [4.78, 5) is 29.9. The molecule has 0 saturated carbocycles. The van der Waals surface area contributed by atoms with Gasteiger partial charge in [-0.25, -0.2) is 4.79 Å². The summed E-state index contributed by atoms with van der Waals surface area (Å²) in [5, 5.41) is 3.07. The standard InChI is InChI=1S/C26H35N3O4/c1-19(2)18-33-26(31)29-14-8-13-28(15-16-29)24(21-9-6-5-7-10-21)25(30)27-22-17-20(3)11-12-23(22)32-4/h5-7,9-12,17,19,24H,8,13-16,18H2,1-4H3,(H,27,30). The third-order valence-corrected chi connectivity index (χ3v) is 5.67. The summed E-state index contributed by atoms with van der Waals surface area (Å²) < 4.78 is 10.9. The maximum Gasteiger partial charge on any atom is 0.409 e. The number of hydrogen-bond acceptors (Lipinski definition) is 5. The zero-order valence-corrected chi connectivity index (χ0v) is 20.0. The minimum Gasteiger partial charge on any atom is -0.495 e. The zero-order chi connectivity index (χ0) is 23.8. The van der Waals surface area contributed by atoms with E-state index in [0.29, 0.717) is 50.1 Å². The molecule has 7 nitrogen and oxygen atoms in total. The normalized spacial score (nSPS) is 15.6. The molecule has 1 saturated heterocycles. The lowest BCUT2D eigenvalue weighted by Gasteiger charge is -2.30. The van der Waals surface area contributed by atoms with Gasteiger partial charge in [-0.3, -0.25) is 9.69 Å². The molecule has 33 heavy (non-hydrogen) atoms. The van der Waals surface area contributed by atoms with Crippen molar-refractivity contribution >= 4 is 17.7 Å². The van der Waals surface area contributed by atoms with Crippen LogP contribution in [0, 0.1) is 12.8 Å². The Morgan fingerprint density at radius 3 is 2.48 bits per heavy atom. The number of aryl methyl sites for hydroxylation is 1. The highest BCUT2D eigenvalue weighted by molar-refractivity contribution is 5.96. The number of rotatable bonds is 7. The Bertz CT molecular complexity index is 932. The number of nitrogens with one attached hydrogen (secondary N) is 1. The van der Waals surface area contributed by atoms with Crippen molar-refractivity contribution in [1.29, 1.82) is 0 Å². The number of benzene rings is 2. The van der Waals surface area contributed by atoms with Gasteiger partial charge >= 0.3 is 6.09 Å². The minimum absolute atomic E-state index is 0.124. The van der Waals surface area contributed by atoms with E-state index < -0.39 is 6.04 Å². The van der Waals surface area contributed by atoms with Crippen molar-refractivity contribution in [3.05, 3.63) is 59.7 Å². The summed E-state index contributed by atoms with van der Waals surface area (Å²) in [6, 6.07) is 15.0. The van der Waals surface area contributed by atoms with E-state index in [2.05, 4.69) is 10.2 Å². The number of ether oxygens (including phenoxy) is 2. The van der Waals surface area contributed by atoms with Gasteiger partial charge < -0.3 is 19.7 Å². The van der Waals surface area contributed by atoms with E-state index in [1.165, 1.54) is 0 Å². The molecule has 1 fully saturated rings. The van der Waals surface area contributed by atoms with Crippen LogP contribution in [0.3, 0.4) is 0 Å². The molecular formula is C26H35N3O4. The number of methoxy groups -OCH3 is 1. The van der Waals surface area contributed by atoms with Gasteiger partial charge in [0.05, 0.1) is 19.4 Å². The van der Waals surface area contributed by atoms with Gasteiger partial charge in [-0.15, -0.1) is 0 Å². The molecule has 1 heterocycles. The zero-order valence-electron chi connectivity index (χ0n) is 20.0. The second-order valence-electron chi connectivity index (χ2n) is 8.85. The summed E-state index contributed by atoms with van der Waals surface area (Å²) in [5.41, 5.74) is 2.60. The van der Waals surface area contributed by atoms with Crippen LogP contribution in [-0.2, 0) is 9.53 Å². The van der Waals surface area contributed by atoms with Crippen LogP contribution in [-0.4, -0.2) is 61.7 Å². The molecule has 2 amide bonds. The summed E-state index contributed by atoms with van der Waals surface area (Å²) in [6.07, 6.45) is 0.483. The first-order valence-electron chi connectivity index (χ1n) is 11.5. The van der Waals surface area contributed by atoms with Gasteiger partial charge in [0.25, 0.3) is 0 Å². The Kier molecular flexibility index (Phi) is 8.72. The number of nitrogens with zero attached hydrogens (tertiary/aromatic N) is 2. The van der Waals surface area contributed by atoms with Crippen LogP contribution in [0.2, 0.25) is 0 Å². The fourth-order valence-electron chi connectivity index (χ4n) is 3.99. The van der Waals surface area contributed by atoms with E-state index in [4.69, 9.17) is 9.47 Å². The quantitative estimate of drug-likeness (QED) is 0.669. The van der Waals surface area contributed by atoms with Gasteiger partial charge in [0.15, 0.2) is 0 Å². The van der Waals surface area contributed by atoms with Crippen molar-refractivity contribution in [2.45, 2.75) is 33.2 Å². The summed E-state index contributed by atoms with van der Waals surface area (Å²) >= 11 is 0. The van der Waals surface area contributed by atoms with Crippen LogP contribution in [0.15, 0.2) is 48.5 Å². The lowest BCUT2D eigenvalue weighted by molar-refractivity contribution is -0.121. The molecule has 0 radical (unpaired) electrons. The molecule has 0 aliphatic carbocycles. The Labute approximate surface area is 196 Å². The van der Waals surface area contributed by atoms with Crippen LogP contribution >= 0.6 is 0 Å². The van der Waals surface area contributed by atoms with E-state index in [0.717, 1.165) is 17.5 Å². The second kappa shape index (κ2) is 11.7. The smallest absolute Gasteiger partial charge is 0.409 e. The average Bonchev–Trinajstić information content (AvgIpc) is 3.05. The van der Waals surface area contributed by atoms with Gasteiger partial charge in [-0.05, 0) is 42.5 Å². The van der Waals surface area contributed by atoms with Crippen LogP contribution in [0.5, 0.6) is 5.75 Å². The highest BCUT2D eigenvalue weighted by atomic mass is 16.6. The Morgan fingerprint density at radius 1 is 1.03 bits per heavy atom. The molecule has 1 N–H and O–H groups in total. The van der Waals surface area contributed by atoms with Crippen LogP contribution in [0.25, 0.3) is 0 Å². The van der Waals surface area contributed by atoms with Gasteiger partial charge in [0.2, 0.25) is 5.91 Å². The Balaban J connectivity index is 1.78. The molecule has 1 aliphatic rings. The fraction of sp³-hybridized carbons (Fsp3) is 0.462. The molecule has 7 heteroatoms. The molecule has 1 unspecified atom stereocenters. The highest BCUT2D eigenvalue weighted by Crippen LogP contribution is 2.29. The van der Waals surface area contributed by atoms with Crippen molar-refractivity contribution < 1.29 is 19.1 Å². The third kappa shape index (κ3) is 6.71. The molecule has 2 aromatic carbocycles. The van der Waals surface area contributed by atoms with E-state index in [9.17, 15) is 9.59 Å². The molecule has 1 aliphatic heterocycles. The highest BCUT2D eigenvalue weighted by Gasteiger charge is 2.31. The number of anilines is 1. The second-order valence-corrected chi connectivity index (χ2v) is 8.85. The first-order chi connectivity index (χ1) is 15.9. The average molecular weight is 454 g/mol. The Morgan fingerprint density at radius 2 is 1.79 bits per heavy atom. The monoisotopic (exact) mass is 453 g/mol. The van der Waals surface area contributed by atoms with Gasteiger partial charge in [-0.1, -0.05) is 50.2 Å². The molecule has 178 valence electrons. The maximum atomic E-state index is 13.6. The van der Waals surface area contributed by atoms with Gasteiger partial charge in [-0.2, -0.15) is 0 Å². The molecule has 2 aromatic rings. The first kappa shape index (κ1) is 24.6. The molecule has 1 atom stereocenters. The minimum atomic E-state index is -0.483. The lowest BCUT2D eigenvalue weighted by atomic mass is 10.0. The van der Waals surface area contributed by atoms with E-state index in [-0.39, 0.29) is 12.0 Å². The lowest BCUT2D eigenvalue weighted by Crippen LogP contribution is -2.40. The van der Waals surface area contributed by atoms with Gasteiger partial charge in [0.1, 0.15) is 11.8 Å². The molecule has 0 aromatic heterocycles. The molecule has 0 spiro atoms. The van der Waals surface area contributed by atoms with Crippen molar-refractivity contribution in [2.75, 3.05) is 45.2 Å². The summed E-state index contributed by atoms with van der Waals surface area (Å²) in [7, 11) is 1.59. The SMILES string of the molecule is COc1ccc(C)cc1NC(=O)C(c1ccccc1)N1CCCN(C(=O)OCC(C)C)CC1. The molecular weight excluding hydrogens is 418 g/mol. The van der Waals surface area contributed by atoms with E-state index in [1.54, 1.807) is 12.0 Å². The third-order valence-electron chi connectivity index (χ3n) is 5.67. The molecule has 3 rings (SSSR count). The summed E-state index contributed by atoms with van der Waals surface area (Å²) in [5.74, 6) is 0.791. The van der Waals surface area contributed by atoms with Crippen molar-refractivity contribution in [1.82, 2.24) is 9.80 Å². The predicted octanol–water partition coefficient (Wildman–Crippen LogP) is 4.48. The fourth-order valence-corrected chi connectivity index (χ4v) is 3.99. The van der Waals surface area contributed by atoms with Crippen molar-refractivity contribution in [2.24, 2.45) is 5.92 Å². The predicted molar refractivity (Wildman–Crippen MR) is 129 cm³/mol. The number of hydrogen-bond donors (Lipinski definition) is 1. The number of carbonyl (C=O) groups excluding carboxylic acids is 2. The Hall–Kier alpha value is -3.06.